The second-order valence-electron chi connectivity index (χ2n) is 6.42. The van der Waals surface area contributed by atoms with Crippen molar-refractivity contribution in [3.63, 3.8) is 0 Å². The van der Waals surface area contributed by atoms with Crippen LogP contribution in [0.25, 0.3) is 11.5 Å². The van der Waals surface area contributed by atoms with E-state index in [1.54, 1.807) is 19.4 Å². The predicted molar refractivity (Wildman–Crippen MR) is 99.9 cm³/mol. The van der Waals surface area contributed by atoms with Crippen molar-refractivity contribution in [3.05, 3.63) is 48.0 Å². The topological polar surface area (TPSA) is 87.5 Å². The maximum atomic E-state index is 12.7. The van der Waals surface area contributed by atoms with E-state index in [1.807, 2.05) is 36.1 Å². The zero-order chi connectivity index (χ0) is 18.8. The number of methoxy groups -OCH3 is 1. The molecule has 0 unspecified atom stereocenters. The second kappa shape index (κ2) is 7.14. The first-order chi connectivity index (χ1) is 13.1. The summed E-state index contributed by atoms with van der Waals surface area (Å²) in [6.07, 6.45) is 1.79. The van der Waals surface area contributed by atoms with Crippen molar-refractivity contribution in [1.82, 2.24) is 20.1 Å². The summed E-state index contributed by atoms with van der Waals surface area (Å²) in [5.74, 6) is 2.01. The number of aromatic amines is 1. The van der Waals surface area contributed by atoms with Gasteiger partial charge in [0.25, 0.3) is 5.91 Å². The zero-order valence-corrected chi connectivity index (χ0v) is 15.3. The van der Waals surface area contributed by atoms with E-state index < -0.39 is 0 Å². The van der Waals surface area contributed by atoms with Crippen LogP contribution in [0.5, 0.6) is 5.88 Å². The first-order valence-electron chi connectivity index (χ1n) is 8.80. The minimum absolute atomic E-state index is 0.0757. The van der Waals surface area contributed by atoms with E-state index in [1.165, 1.54) is 0 Å². The lowest BCUT2D eigenvalue weighted by Gasteiger charge is -2.35. The lowest BCUT2D eigenvalue weighted by molar-refractivity contribution is 0.0741. The van der Waals surface area contributed by atoms with Gasteiger partial charge in [0.15, 0.2) is 11.5 Å². The van der Waals surface area contributed by atoms with Crippen LogP contribution >= 0.6 is 0 Å². The molecule has 3 aromatic rings. The van der Waals surface area contributed by atoms with E-state index in [-0.39, 0.29) is 5.91 Å². The third kappa shape index (κ3) is 3.51. The van der Waals surface area contributed by atoms with Gasteiger partial charge in [-0.1, -0.05) is 0 Å². The highest BCUT2D eigenvalue weighted by Gasteiger charge is 2.24. The van der Waals surface area contributed by atoms with Crippen LogP contribution in [0.4, 0.5) is 5.69 Å². The van der Waals surface area contributed by atoms with Crippen molar-refractivity contribution in [2.24, 2.45) is 0 Å². The van der Waals surface area contributed by atoms with Gasteiger partial charge in [-0.3, -0.25) is 9.89 Å². The fourth-order valence-electron chi connectivity index (χ4n) is 3.15. The van der Waals surface area contributed by atoms with Crippen LogP contribution in [-0.4, -0.2) is 59.3 Å². The standard InChI is InChI=1S/C19H21N5O3/c1-13-3-5-17(27-13)15-11-16(22-21-15)19(25)24-9-7-23(8-10-24)14-4-6-18(26-2)20-12-14/h3-6,11-12H,7-10H2,1-2H3,(H,21,22). The molecule has 1 aliphatic heterocycles. The number of hydrogen-bond donors (Lipinski definition) is 1. The number of piperazine rings is 1. The van der Waals surface area contributed by atoms with Crippen LogP contribution in [0.15, 0.2) is 40.9 Å². The van der Waals surface area contributed by atoms with Crippen molar-refractivity contribution >= 4 is 11.6 Å². The summed E-state index contributed by atoms with van der Waals surface area (Å²) in [6, 6.07) is 9.30. The molecule has 0 radical (unpaired) electrons. The number of anilines is 1. The Bertz CT molecular complexity index is 923. The molecule has 1 aliphatic rings. The van der Waals surface area contributed by atoms with Gasteiger partial charge < -0.3 is 19.0 Å². The average molecular weight is 367 g/mol. The molecule has 0 spiro atoms. The summed E-state index contributed by atoms with van der Waals surface area (Å²) in [7, 11) is 1.60. The molecule has 1 N–H and O–H groups in total. The van der Waals surface area contributed by atoms with E-state index in [0.29, 0.717) is 36.1 Å². The van der Waals surface area contributed by atoms with Crippen LogP contribution in [0, 0.1) is 6.92 Å². The number of aryl methyl sites for hydroxylation is 1. The van der Waals surface area contributed by atoms with E-state index >= 15 is 0 Å². The Morgan fingerprint density at radius 3 is 2.63 bits per heavy atom. The minimum Gasteiger partial charge on any atom is -0.481 e. The number of H-pyrrole nitrogens is 1. The van der Waals surface area contributed by atoms with Crippen LogP contribution in [0.2, 0.25) is 0 Å². The SMILES string of the molecule is COc1ccc(N2CCN(C(=O)c3cc(-c4ccc(C)o4)[nH]n3)CC2)cn1. The molecule has 1 fully saturated rings. The number of amides is 1. The molecule has 4 rings (SSSR count). The number of pyridine rings is 1. The normalized spacial score (nSPS) is 14.4. The van der Waals surface area contributed by atoms with Gasteiger partial charge in [0.1, 0.15) is 11.5 Å². The summed E-state index contributed by atoms with van der Waals surface area (Å²) in [5.41, 5.74) is 2.13. The molecule has 0 atom stereocenters. The third-order valence-corrected chi connectivity index (χ3v) is 4.66. The Balaban J connectivity index is 1.39. The lowest BCUT2D eigenvalue weighted by atomic mass is 10.2. The predicted octanol–water partition coefficient (Wildman–Crippen LogP) is 2.34. The number of carbonyl (C=O) groups excluding carboxylic acids is 1. The molecule has 1 amide bonds. The van der Waals surface area contributed by atoms with Gasteiger partial charge in [0, 0.05) is 38.3 Å². The van der Waals surface area contributed by atoms with Gasteiger partial charge in [0.05, 0.1) is 19.0 Å². The van der Waals surface area contributed by atoms with Gasteiger partial charge in [-0.2, -0.15) is 5.10 Å². The summed E-state index contributed by atoms with van der Waals surface area (Å²) in [4.78, 5) is 21.0. The van der Waals surface area contributed by atoms with E-state index in [4.69, 9.17) is 9.15 Å². The number of furan rings is 1. The second-order valence-corrected chi connectivity index (χ2v) is 6.42. The Hall–Kier alpha value is -3.29. The number of rotatable bonds is 4. The Kier molecular flexibility index (Phi) is 4.53. The minimum atomic E-state index is -0.0757. The largest absolute Gasteiger partial charge is 0.481 e. The van der Waals surface area contributed by atoms with Crippen LogP contribution in [0.1, 0.15) is 16.2 Å². The molecule has 0 saturated carbocycles. The van der Waals surface area contributed by atoms with Crippen LogP contribution in [-0.2, 0) is 0 Å². The summed E-state index contributed by atoms with van der Waals surface area (Å²) in [6.45, 7) is 4.63. The van der Waals surface area contributed by atoms with Crippen LogP contribution < -0.4 is 9.64 Å². The third-order valence-electron chi connectivity index (χ3n) is 4.66. The van der Waals surface area contributed by atoms with E-state index in [2.05, 4.69) is 20.1 Å². The molecule has 8 heteroatoms. The quantitative estimate of drug-likeness (QED) is 0.762. The number of ether oxygens (including phenoxy) is 1. The number of nitrogens with zero attached hydrogens (tertiary/aromatic N) is 4. The van der Waals surface area contributed by atoms with Gasteiger partial charge >= 0.3 is 0 Å². The number of carbonyl (C=O) groups is 1. The van der Waals surface area contributed by atoms with E-state index in [0.717, 1.165) is 24.5 Å². The monoisotopic (exact) mass is 367 g/mol. The molecule has 3 aromatic heterocycles. The molecule has 0 aliphatic carbocycles. The number of hydrogen-bond acceptors (Lipinski definition) is 6. The maximum Gasteiger partial charge on any atom is 0.274 e. The molecule has 4 heterocycles. The molecule has 27 heavy (non-hydrogen) atoms. The molecule has 140 valence electrons. The Labute approximate surface area is 156 Å². The maximum absolute atomic E-state index is 12.7. The molecule has 0 aromatic carbocycles. The highest BCUT2D eigenvalue weighted by Crippen LogP contribution is 2.22. The smallest absolute Gasteiger partial charge is 0.274 e. The average Bonchev–Trinajstić information content (AvgIpc) is 3.37. The Morgan fingerprint density at radius 1 is 1.19 bits per heavy atom. The van der Waals surface area contributed by atoms with Gasteiger partial charge in [-0.15, -0.1) is 0 Å². The highest BCUT2D eigenvalue weighted by atomic mass is 16.5. The Morgan fingerprint density at radius 2 is 2.00 bits per heavy atom. The fraction of sp³-hybridized carbons (Fsp3) is 0.316. The van der Waals surface area contributed by atoms with Gasteiger partial charge in [-0.05, 0) is 25.1 Å². The molecule has 0 bridgehead atoms. The molecular formula is C19H21N5O3. The van der Waals surface area contributed by atoms with E-state index in [9.17, 15) is 4.79 Å². The zero-order valence-electron chi connectivity index (χ0n) is 15.3. The van der Waals surface area contributed by atoms with Crippen molar-refractivity contribution in [1.29, 1.82) is 0 Å². The van der Waals surface area contributed by atoms with Crippen LogP contribution in [0.3, 0.4) is 0 Å². The molecule has 1 saturated heterocycles. The van der Waals surface area contributed by atoms with Crippen molar-refractivity contribution in [2.45, 2.75) is 6.92 Å². The molecular weight excluding hydrogens is 346 g/mol. The first kappa shape index (κ1) is 17.1. The summed E-state index contributed by atoms with van der Waals surface area (Å²) in [5, 5.41) is 7.04. The first-order valence-corrected chi connectivity index (χ1v) is 8.80. The van der Waals surface area contributed by atoms with Crippen molar-refractivity contribution < 1.29 is 13.9 Å². The molecule has 8 nitrogen and oxygen atoms in total. The summed E-state index contributed by atoms with van der Waals surface area (Å²) >= 11 is 0. The fourth-order valence-corrected chi connectivity index (χ4v) is 3.15. The summed E-state index contributed by atoms with van der Waals surface area (Å²) < 4.78 is 10.7. The highest BCUT2D eigenvalue weighted by molar-refractivity contribution is 5.93. The van der Waals surface area contributed by atoms with Crippen molar-refractivity contribution in [2.75, 3.05) is 38.2 Å². The number of aromatic nitrogens is 3. The van der Waals surface area contributed by atoms with Gasteiger partial charge in [-0.25, -0.2) is 4.98 Å². The number of nitrogens with one attached hydrogen (secondary N) is 1. The van der Waals surface area contributed by atoms with Gasteiger partial charge in [0.2, 0.25) is 5.88 Å². The lowest BCUT2D eigenvalue weighted by Crippen LogP contribution is -2.48. The van der Waals surface area contributed by atoms with Crippen molar-refractivity contribution in [3.8, 4) is 17.3 Å².